The minimum atomic E-state index is 0.326. The third-order valence-corrected chi connectivity index (χ3v) is 4.80. The molecule has 0 heterocycles. The van der Waals surface area contributed by atoms with Crippen LogP contribution in [0.5, 0.6) is 5.75 Å². The third-order valence-electron chi connectivity index (χ3n) is 4.80. The van der Waals surface area contributed by atoms with Gasteiger partial charge in [-0.05, 0) is 54.4 Å². The van der Waals surface area contributed by atoms with Gasteiger partial charge >= 0.3 is 0 Å². The van der Waals surface area contributed by atoms with E-state index < -0.39 is 0 Å². The van der Waals surface area contributed by atoms with Gasteiger partial charge in [-0.25, -0.2) is 0 Å². The summed E-state index contributed by atoms with van der Waals surface area (Å²) in [7, 11) is 4.11. The van der Waals surface area contributed by atoms with Gasteiger partial charge in [0.15, 0.2) is 0 Å². The van der Waals surface area contributed by atoms with E-state index in [2.05, 4.69) is 117 Å². The van der Waals surface area contributed by atoms with Crippen LogP contribution in [0.4, 0.5) is 0 Å². The number of hydrogen-bond donors (Lipinski definition) is 0. The highest BCUT2D eigenvalue weighted by Gasteiger charge is 2.09. The molecule has 3 aromatic rings. The van der Waals surface area contributed by atoms with Crippen molar-refractivity contribution in [2.75, 3.05) is 27.2 Å². The van der Waals surface area contributed by atoms with Gasteiger partial charge in [-0.3, -0.25) is 0 Å². The van der Waals surface area contributed by atoms with Crippen molar-refractivity contribution < 1.29 is 4.74 Å². The van der Waals surface area contributed by atoms with Crippen molar-refractivity contribution in [1.82, 2.24) is 4.90 Å². The van der Waals surface area contributed by atoms with E-state index in [1.54, 1.807) is 0 Å². The molecule has 0 fully saturated rings. The van der Waals surface area contributed by atoms with E-state index in [0.717, 1.165) is 12.3 Å². The van der Waals surface area contributed by atoms with Crippen molar-refractivity contribution in [1.29, 1.82) is 0 Å². The second-order valence-electron chi connectivity index (χ2n) is 7.32. The number of rotatable bonds is 8. The molecule has 1 unspecified atom stereocenters. The van der Waals surface area contributed by atoms with Crippen molar-refractivity contribution >= 4 is 5.57 Å². The second-order valence-corrected chi connectivity index (χ2v) is 7.32. The topological polar surface area (TPSA) is 12.5 Å². The van der Waals surface area contributed by atoms with Gasteiger partial charge in [0, 0.05) is 6.54 Å². The molecule has 2 heteroatoms. The minimum Gasteiger partial charge on any atom is -0.492 e. The first-order chi connectivity index (χ1) is 13.6. The average Bonchev–Trinajstić information content (AvgIpc) is 2.73. The van der Waals surface area contributed by atoms with Crippen molar-refractivity contribution in [3.8, 4) is 5.75 Å². The standard InChI is InChI=1S/C26H29NO/c1-21(22-10-6-4-7-11-22)20-26(23-12-8-5-9-13-23)24-14-16-25(17-15-24)28-19-18-27(2)3/h4-17,20-21H,18-19H2,1-3H3. The van der Waals surface area contributed by atoms with Crippen molar-refractivity contribution in [2.45, 2.75) is 12.8 Å². The molecule has 1 atom stereocenters. The lowest BCUT2D eigenvalue weighted by atomic mass is 9.91. The van der Waals surface area contributed by atoms with Crippen LogP contribution >= 0.6 is 0 Å². The van der Waals surface area contributed by atoms with Crippen LogP contribution in [0.15, 0.2) is 91.0 Å². The molecule has 0 aliphatic carbocycles. The number of likely N-dealkylation sites (N-methyl/N-ethyl adjacent to an activating group) is 1. The van der Waals surface area contributed by atoms with Crippen LogP contribution < -0.4 is 4.74 Å². The Balaban J connectivity index is 1.86. The van der Waals surface area contributed by atoms with E-state index in [1.807, 2.05) is 0 Å². The number of nitrogens with zero attached hydrogens (tertiary/aromatic N) is 1. The summed E-state index contributed by atoms with van der Waals surface area (Å²) in [5.41, 5.74) is 5.00. The number of ether oxygens (including phenoxy) is 1. The fourth-order valence-corrected chi connectivity index (χ4v) is 3.16. The lowest BCUT2D eigenvalue weighted by Crippen LogP contribution is -2.19. The molecule has 3 rings (SSSR count). The average molecular weight is 372 g/mol. The fourth-order valence-electron chi connectivity index (χ4n) is 3.16. The normalized spacial score (nSPS) is 12.8. The van der Waals surface area contributed by atoms with Crippen LogP contribution in [-0.2, 0) is 0 Å². The molecule has 0 aliphatic rings. The molecule has 0 aromatic heterocycles. The Labute approximate surface area is 169 Å². The van der Waals surface area contributed by atoms with Gasteiger partial charge in [-0.1, -0.05) is 85.8 Å². The molecule has 0 spiro atoms. The minimum absolute atomic E-state index is 0.326. The number of hydrogen-bond acceptors (Lipinski definition) is 2. The van der Waals surface area contributed by atoms with Gasteiger partial charge in [0.05, 0.1) is 0 Å². The van der Waals surface area contributed by atoms with E-state index in [4.69, 9.17) is 4.74 Å². The zero-order valence-corrected chi connectivity index (χ0v) is 17.0. The summed E-state index contributed by atoms with van der Waals surface area (Å²) in [6.45, 7) is 3.85. The lowest BCUT2D eigenvalue weighted by molar-refractivity contribution is 0.261. The van der Waals surface area contributed by atoms with Crippen LogP contribution in [0.3, 0.4) is 0 Å². The van der Waals surface area contributed by atoms with Gasteiger partial charge in [-0.2, -0.15) is 0 Å². The van der Waals surface area contributed by atoms with E-state index in [9.17, 15) is 0 Å². The maximum Gasteiger partial charge on any atom is 0.119 e. The smallest absolute Gasteiger partial charge is 0.119 e. The summed E-state index contributed by atoms with van der Waals surface area (Å²) in [6.07, 6.45) is 2.35. The van der Waals surface area contributed by atoms with Crippen LogP contribution in [0.25, 0.3) is 5.57 Å². The summed E-state index contributed by atoms with van der Waals surface area (Å²) in [6, 6.07) is 29.7. The SMILES string of the molecule is CC(C=C(c1ccccc1)c1ccc(OCCN(C)C)cc1)c1ccccc1. The van der Waals surface area contributed by atoms with Gasteiger partial charge in [0.1, 0.15) is 12.4 Å². The fraction of sp³-hybridized carbons (Fsp3) is 0.231. The van der Waals surface area contributed by atoms with Gasteiger partial charge in [-0.15, -0.1) is 0 Å². The maximum atomic E-state index is 5.85. The zero-order valence-electron chi connectivity index (χ0n) is 17.0. The Hall–Kier alpha value is -2.84. The maximum absolute atomic E-state index is 5.85. The predicted molar refractivity (Wildman–Crippen MR) is 119 cm³/mol. The summed E-state index contributed by atoms with van der Waals surface area (Å²) in [5, 5.41) is 0. The molecule has 0 saturated heterocycles. The highest BCUT2D eigenvalue weighted by atomic mass is 16.5. The molecule has 0 radical (unpaired) electrons. The van der Waals surface area contributed by atoms with E-state index >= 15 is 0 Å². The molecule has 0 bridgehead atoms. The molecule has 28 heavy (non-hydrogen) atoms. The van der Waals surface area contributed by atoms with E-state index in [0.29, 0.717) is 12.5 Å². The van der Waals surface area contributed by atoms with Crippen LogP contribution in [0.1, 0.15) is 29.5 Å². The van der Waals surface area contributed by atoms with Crippen molar-refractivity contribution in [3.05, 3.63) is 108 Å². The van der Waals surface area contributed by atoms with Gasteiger partial charge < -0.3 is 9.64 Å². The Morgan fingerprint density at radius 1 is 0.821 bits per heavy atom. The molecule has 144 valence electrons. The molecule has 0 N–H and O–H groups in total. The monoisotopic (exact) mass is 371 g/mol. The van der Waals surface area contributed by atoms with Crippen LogP contribution in [-0.4, -0.2) is 32.1 Å². The van der Waals surface area contributed by atoms with Crippen molar-refractivity contribution in [2.24, 2.45) is 0 Å². The highest BCUT2D eigenvalue weighted by Crippen LogP contribution is 2.29. The number of allylic oxidation sites excluding steroid dienone is 1. The highest BCUT2D eigenvalue weighted by molar-refractivity contribution is 5.80. The van der Waals surface area contributed by atoms with Crippen molar-refractivity contribution in [3.63, 3.8) is 0 Å². The molecule has 2 nitrogen and oxygen atoms in total. The Morgan fingerprint density at radius 2 is 1.39 bits per heavy atom. The summed E-state index contributed by atoms with van der Waals surface area (Å²) in [5.74, 6) is 1.24. The lowest BCUT2D eigenvalue weighted by Gasteiger charge is -2.15. The largest absolute Gasteiger partial charge is 0.492 e. The second kappa shape index (κ2) is 9.91. The predicted octanol–water partition coefficient (Wildman–Crippen LogP) is 5.86. The Morgan fingerprint density at radius 3 is 2.00 bits per heavy atom. The Bertz CT molecular complexity index is 867. The third kappa shape index (κ3) is 5.58. The summed E-state index contributed by atoms with van der Waals surface area (Å²) in [4.78, 5) is 2.12. The van der Waals surface area contributed by atoms with Gasteiger partial charge in [0.25, 0.3) is 0 Å². The number of benzene rings is 3. The zero-order chi connectivity index (χ0) is 19.8. The molecule has 0 saturated carbocycles. The Kier molecular flexibility index (Phi) is 7.05. The quantitative estimate of drug-likeness (QED) is 0.491. The molecule has 0 amide bonds. The first kappa shape index (κ1) is 19.9. The molecular weight excluding hydrogens is 342 g/mol. The summed E-state index contributed by atoms with van der Waals surface area (Å²) >= 11 is 0. The van der Waals surface area contributed by atoms with Crippen LogP contribution in [0, 0.1) is 0 Å². The van der Waals surface area contributed by atoms with Gasteiger partial charge in [0.2, 0.25) is 0 Å². The first-order valence-corrected chi connectivity index (χ1v) is 9.83. The molecule has 0 aliphatic heterocycles. The first-order valence-electron chi connectivity index (χ1n) is 9.83. The van der Waals surface area contributed by atoms with E-state index in [1.165, 1.54) is 22.3 Å². The van der Waals surface area contributed by atoms with Crippen LogP contribution in [0.2, 0.25) is 0 Å². The molecular formula is C26H29NO. The molecule has 3 aromatic carbocycles. The summed E-state index contributed by atoms with van der Waals surface area (Å²) < 4.78 is 5.85. The van der Waals surface area contributed by atoms with E-state index in [-0.39, 0.29) is 0 Å².